The van der Waals surface area contributed by atoms with Crippen molar-refractivity contribution < 1.29 is 19.1 Å². The number of hydrogen-bond donors (Lipinski definition) is 1. The number of benzene rings is 3. The molecule has 4 rings (SSSR count). The van der Waals surface area contributed by atoms with Gasteiger partial charge in [0.05, 0.1) is 6.54 Å². The molecule has 0 fully saturated rings. The largest absolute Gasteiger partial charge is 0.486 e. The highest BCUT2D eigenvalue weighted by Gasteiger charge is 2.28. The number of nitrogens with one attached hydrogen (secondary N) is 1. The number of nitriles is 1. The summed E-state index contributed by atoms with van der Waals surface area (Å²) in [7, 11) is 1.56. The lowest BCUT2D eigenvalue weighted by Gasteiger charge is -2.30. The molecule has 0 spiro atoms. The number of likely N-dealkylation sites (N-methyl/N-ethyl adjacent to an activating group) is 1. The van der Waals surface area contributed by atoms with Gasteiger partial charge in [0.1, 0.15) is 19.3 Å². The summed E-state index contributed by atoms with van der Waals surface area (Å²) in [6.45, 7) is 1.24. The van der Waals surface area contributed by atoms with Crippen molar-refractivity contribution in [2.75, 3.05) is 26.8 Å². The predicted octanol–water partition coefficient (Wildman–Crippen LogP) is 3.59. The van der Waals surface area contributed by atoms with Crippen molar-refractivity contribution in [2.45, 2.75) is 25.3 Å². The number of carbonyl (C=O) groups is 2. The van der Waals surface area contributed by atoms with Crippen LogP contribution in [0.2, 0.25) is 0 Å². The Labute approximate surface area is 217 Å². The lowest BCUT2D eigenvalue weighted by atomic mass is 10.0. The van der Waals surface area contributed by atoms with Gasteiger partial charge in [-0.15, -0.1) is 0 Å². The molecule has 0 aromatic heterocycles. The highest BCUT2D eigenvalue weighted by atomic mass is 16.6. The van der Waals surface area contributed by atoms with Gasteiger partial charge >= 0.3 is 0 Å². The molecule has 0 saturated heterocycles. The van der Waals surface area contributed by atoms with E-state index in [-0.39, 0.29) is 12.3 Å². The van der Waals surface area contributed by atoms with E-state index in [2.05, 4.69) is 11.5 Å². The van der Waals surface area contributed by atoms with E-state index >= 15 is 0 Å². The average Bonchev–Trinajstić information content (AvgIpc) is 2.95. The molecule has 0 aliphatic carbocycles. The molecule has 0 radical (unpaired) electrons. The van der Waals surface area contributed by atoms with Gasteiger partial charge in [0.2, 0.25) is 0 Å². The molecule has 1 aliphatic rings. The minimum Gasteiger partial charge on any atom is -0.486 e. The minimum atomic E-state index is -0.877. The van der Waals surface area contributed by atoms with Crippen molar-refractivity contribution in [3.63, 3.8) is 0 Å². The van der Waals surface area contributed by atoms with E-state index in [1.165, 1.54) is 15.6 Å². The standard InChI is InChI=1S/C29H30N4O4/c1-32(33(21-30)16-8-13-22-9-4-2-5-10-22)29(35)25(19-23-11-6-3-7-12-23)31-28(34)24-14-15-26-27(20-24)37-18-17-36-26/h2-7,9-12,14-15,20,25H,8,13,16-19H2,1H3,(H,31,34)/t25-/m0/s1. The molecule has 37 heavy (non-hydrogen) atoms. The molecule has 1 aliphatic heterocycles. The van der Waals surface area contributed by atoms with Crippen molar-refractivity contribution in [3.8, 4) is 17.7 Å². The molecule has 2 amide bonds. The zero-order valence-corrected chi connectivity index (χ0v) is 20.8. The second-order valence-electron chi connectivity index (χ2n) is 8.75. The molecule has 0 unspecified atom stereocenters. The van der Waals surface area contributed by atoms with Crippen molar-refractivity contribution in [1.82, 2.24) is 15.3 Å². The summed E-state index contributed by atoms with van der Waals surface area (Å²) in [4.78, 5) is 26.7. The smallest absolute Gasteiger partial charge is 0.264 e. The average molecular weight is 499 g/mol. The molecule has 0 saturated carbocycles. The van der Waals surface area contributed by atoms with Crippen molar-refractivity contribution in [3.05, 3.63) is 95.6 Å². The van der Waals surface area contributed by atoms with Crippen LogP contribution in [-0.2, 0) is 17.6 Å². The van der Waals surface area contributed by atoms with Crippen LogP contribution in [0.1, 0.15) is 27.9 Å². The van der Waals surface area contributed by atoms with Gasteiger partial charge in [-0.1, -0.05) is 60.7 Å². The Kier molecular flexibility index (Phi) is 8.61. The fourth-order valence-electron chi connectivity index (χ4n) is 4.17. The molecule has 3 aromatic carbocycles. The lowest BCUT2D eigenvalue weighted by Crippen LogP contribution is -2.53. The highest BCUT2D eigenvalue weighted by Crippen LogP contribution is 2.30. The topological polar surface area (TPSA) is 94.9 Å². The molecule has 190 valence electrons. The summed E-state index contributed by atoms with van der Waals surface area (Å²) in [5.74, 6) is 0.291. The van der Waals surface area contributed by atoms with Crippen LogP contribution in [0.4, 0.5) is 0 Å². The summed E-state index contributed by atoms with van der Waals surface area (Å²) < 4.78 is 11.1. The quantitative estimate of drug-likeness (QED) is 0.261. The van der Waals surface area contributed by atoms with Gasteiger partial charge in [0.15, 0.2) is 17.7 Å². The van der Waals surface area contributed by atoms with E-state index in [4.69, 9.17) is 9.47 Å². The second-order valence-corrected chi connectivity index (χ2v) is 8.75. The van der Waals surface area contributed by atoms with Gasteiger partial charge in [0.25, 0.3) is 11.8 Å². The third-order valence-electron chi connectivity index (χ3n) is 6.17. The first-order chi connectivity index (χ1) is 18.0. The fraction of sp³-hybridized carbons (Fsp3) is 0.276. The van der Waals surface area contributed by atoms with E-state index in [0.717, 1.165) is 12.0 Å². The number of aryl methyl sites for hydroxylation is 1. The van der Waals surface area contributed by atoms with E-state index in [1.54, 1.807) is 25.2 Å². The zero-order chi connectivity index (χ0) is 26.0. The van der Waals surface area contributed by atoms with E-state index in [9.17, 15) is 14.9 Å². The monoisotopic (exact) mass is 498 g/mol. The number of hydrazine groups is 1. The first-order valence-electron chi connectivity index (χ1n) is 12.3. The Morgan fingerprint density at radius 1 is 0.946 bits per heavy atom. The Morgan fingerprint density at radius 3 is 2.27 bits per heavy atom. The van der Waals surface area contributed by atoms with Gasteiger partial charge in [-0.3, -0.25) is 9.59 Å². The molecule has 0 bridgehead atoms. The molecule has 1 N–H and O–H groups in total. The van der Waals surface area contributed by atoms with Crippen LogP contribution in [0, 0.1) is 11.5 Å². The van der Waals surface area contributed by atoms with Crippen LogP contribution >= 0.6 is 0 Å². The third kappa shape index (κ3) is 6.79. The predicted molar refractivity (Wildman–Crippen MR) is 139 cm³/mol. The number of fused-ring (bicyclic) bond motifs is 1. The van der Waals surface area contributed by atoms with Gasteiger partial charge in [-0.2, -0.15) is 5.26 Å². The molecule has 8 nitrogen and oxygen atoms in total. The van der Waals surface area contributed by atoms with Crippen molar-refractivity contribution in [2.24, 2.45) is 0 Å². The van der Waals surface area contributed by atoms with Crippen LogP contribution in [0.5, 0.6) is 11.5 Å². The Bertz CT molecular complexity index is 1240. The molecular formula is C29H30N4O4. The number of rotatable bonds is 10. The highest BCUT2D eigenvalue weighted by molar-refractivity contribution is 5.98. The van der Waals surface area contributed by atoms with Gasteiger partial charge in [0, 0.05) is 19.0 Å². The van der Waals surface area contributed by atoms with Crippen molar-refractivity contribution in [1.29, 1.82) is 5.26 Å². The summed E-state index contributed by atoms with van der Waals surface area (Å²) in [6, 6.07) is 23.5. The Balaban J connectivity index is 1.46. The summed E-state index contributed by atoms with van der Waals surface area (Å²) >= 11 is 0. The molecule has 8 heteroatoms. The summed E-state index contributed by atoms with van der Waals surface area (Å²) in [6.07, 6.45) is 3.87. The Morgan fingerprint density at radius 2 is 1.59 bits per heavy atom. The maximum absolute atomic E-state index is 13.6. The first-order valence-corrected chi connectivity index (χ1v) is 12.3. The van der Waals surface area contributed by atoms with Crippen LogP contribution < -0.4 is 14.8 Å². The van der Waals surface area contributed by atoms with Gasteiger partial charge < -0.3 is 14.8 Å². The number of hydrogen-bond acceptors (Lipinski definition) is 6. The number of nitrogens with zero attached hydrogens (tertiary/aromatic N) is 3. The Hall–Kier alpha value is -4.51. The van der Waals surface area contributed by atoms with Gasteiger partial charge in [-0.25, -0.2) is 10.0 Å². The second kappa shape index (κ2) is 12.5. The molecule has 1 heterocycles. The fourth-order valence-corrected chi connectivity index (χ4v) is 4.17. The maximum Gasteiger partial charge on any atom is 0.264 e. The van der Waals surface area contributed by atoms with E-state index < -0.39 is 11.9 Å². The first kappa shape index (κ1) is 25.6. The number of carbonyl (C=O) groups excluding carboxylic acids is 2. The van der Waals surface area contributed by atoms with Crippen LogP contribution in [0.15, 0.2) is 78.9 Å². The zero-order valence-electron chi connectivity index (χ0n) is 20.8. The van der Waals surface area contributed by atoms with E-state index in [1.807, 2.05) is 60.7 Å². The third-order valence-corrected chi connectivity index (χ3v) is 6.17. The van der Waals surface area contributed by atoms with Gasteiger partial charge in [-0.05, 0) is 42.2 Å². The maximum atomic E-state index is 13.6. The normalized spacial score (nSPS) is 12.6. The van der Waals surface area contributed by atoms with Crippen LogP contribution in [0.25, 0.3) is 0 Å². The summed E-state index contributed by atoms with van der Waals surface area (Å²) in [5, 5.41) is 15.3. The van der Waals surface area contributed by atoms with Crippen LogP contribution in [0.3, 0.4) is 0 Å². The lowest BCUT2D eigenvalue weighted by molar-refractivity contribution is -0.143. The molecule has 1 atom stereocenters. The molecular weight excluding hydrogens is 468 g/mol. The van der Waals surface area contributed by atoms with Crippen molar-refractivity contribution >= 4 is 11.8 Å². The number of ether oxygens (including phenoxy) is 2. The number of amides is 2. The SMILES string of the molecule is CN(C(=O)[C@H](Cc1ccccc1)NC(=O)c1ccc2c(c1)OCCO2)N(C#N)CCCc1ccccc1. The van der Waals surface area contributed by atoms with Crippen LogP contribution in [-0.4, -0.2) is 54.7 Å². The minimum absolute atomic E-state index is 0.281. The van der Waals surface area contributed by atoms with E-state index in [0.29, 0.717) is 43.2 Å². The summed E-state index contributed by atoms with van der Waals surface area (Å²) in [5.41, 5.74) is 2.42. The molecule has 3 aromatic rings.